The number of nitrogens with one attached hydrogen (secondary N) is 2. The van der Waals surface area contributed by atoms with E-state index in [1.54, 1.807) is 11.3 Å². The van der Waals surface area contributed by atoms with Crippen LogP contribution in [-0.4, -0.2) is 40.5 Å². The molecule has 2 aromatic heterocycles. The smallest absolute Gasteiger partial charge is 0.287 e. The summed E-state index contributed by atoms with van der Waals surface area (Å²) < 4.78 is 0. The Morgan fingerprint density at radius 1 is 1.24 bits per heavy atom. The molecule has 29 heavy (non-hydrogen) atoms. The van der Waals surface area contributed by atoms with Crippen molar-refractivity contribution in [2.24, 2.45) is 0 Å². The normalized spacial score (nSPS) is 16.2. The number of aromatic nitrogens is 2. The first kappa shape index (κ1) is 18.7. The van der Waals surface area contributed by atoms with Gasteiger partial charge < -0.3 is 15.2 Å². The number of carbonyl (C=O) groups excluding carboxylic acids is 1. The van der Waals surface area contributed by atoms with Gasteiger partial charge >= 0.3 is 0 Å². The SMILES string of the molecule is O=C(NCc1cccc(N2CCSCC2)c1)c1nc2sc3c(c2c(=O)[nH]1)CCC3. The molecule has 2 N–H and O–H groups in total. The molecule has 1 saturated heterocycles. The van der Waals surface area contributed by atoms with Crippen LogP contribution in [-0.2, 0) is 19.4 Å². The van der Waals surface area contributed by atoms with Crippen molar-refractivity contribution in [1.29, 1.82) is 0 Å². The van der Waals surface area contributed by atoms with Gasteiger partial charge in [0, 0.05) is 41.7 Å². The maximum atomic E-state index is 12.6. The number of H-pyrrole nitrogens is 1. The molecule has 5 rings (SSSR count). The van der Waals surface area contributed by atoms with Crippen molar-refractivity contribution in [3.63, 3.8) is 0 Å². The van der Waals surface area contributed by atoms with E-state index in [-0.39, 0.29) is 17.3 Å². The number of rotatable bonds is 4. The summed E-state index contributed by atoms with van der Waals surface area (Å²) in [6.45, 7) is 2.50. The molecule has 150 valence electrons. The third-order valence-electron chi connectivity index (χ3n) is 5.53. The molecule has 3 heterocycles. The molecule has 2 aliphatic rings. The van der Waals surface area contributed by atoms with Crippen LogP contribution in [0.1, 0.15) is 33.0 Å². The lowest BCUT2D eigenvalue weighted by atomic mass is 10.2. The quantitative estimate of drug-likeness (QED) is 0.671. The zero-order valence-electron chi connectivity index (χ0n) is 16.0. The minimum Gasteiger partial charge on any atom is -0.370 e. The third kappa shape index (κ3) is 3.67. The van der Waals surface area contributed by atoms with Gasteiger partial charge in [0.15, 0.2) is 0 Å². The maximum absolute atomic E-state index is 12.6. The summed E-state index contributed by atoms with van der Waals surface area (Å²) in [5, 5.41) is 3.57. The lowest BCUT2D eigenvalue weighted by molar-refractivity contribution is 0.0940. The van der Waals surface area contributed by atoms with E-state index in [9.17, 15) is 9.59 Å². The molecule has 1 fully saturated rings. The number of anilines is 1. The van der Waals surface area contributed by atoms with Crippen LogP contribution >= 0.6 is 23.1 Å². The molecular formula is C21H22N4O2S2. The number of benzene rings is 1. The van der Waals surface area contributed by atoms with Crippen LogP contribution in [0.25, 0.3) is 10.2 Å². The summed E-state index contributed by atoms with van der Waals surface area (Å²) in [7, 11) is 0. The number of aryl methyl sites for hydroxylation is 2. The fourth-order valence-electron chi connectivity index (χ4n) is 4.06. The van der Waals surface area contributed by atoms with Gasteiger partial charge in [0.05, 0.1) is 5.39 Å². The van der Waals surface area contributed by atoms with Crippen molar-refractivity contribution < 1.29 is 4.79 Å². The van der Waals surface area contributed by atoms with E-state index in [4.69, 9.17) is 0 Å². The van der Waals surface area contributed by atoms with E-state index in [0.717, 1.165) is 55.0 Å². The molecule has 6 nitrogen and oxygen atoms in total. The molecule has 1 amide bonds. The van der Waals surface area contributed by atoms with Gasteiger partial charge in [-0.3, -0.25) is 9.59 Å². The number of carbonyl (C=O) groups is 1. The van der Waals surface area contributed by atoms with Crippen LogP contribution in [0, 0.1) is 0 Å². The van der Waals surface area contributed by atoms with E-state index in [1.165, 1.54) is 10.6 Å². The molecule has 0 atom stereocenters. The number of aromatic amines is 1. The summed E-state index contributed by atoms with van der Waals surface area (Å²) in [6.07, 6.45) is 3.02. The van der Waals surface area contributed by atoms with Gasteiger partial charge in [-0.1, -0.05) is 12.1 Å². The Morgan fingerprint density at radius 2 is 2.10 bits per heavy atom. The number of thioether (sulfide) groups is 1. The highest BCUT2D eigenvalue weighted by atomic mass is 32.2. The fraction of sp³-hybridized carbons (Fsp3) is 0.381. The summed E-state index contributed by atoms with van der Waals surface area (Å²) >= 11 is 3.53. The molecule has 0 spiro atoms. The number of hydrogen-bond donors (Lipinski definition) is 2. The van der Waals surface area contributed by atoms with Gasteiger partial charge in [0.1, 0.15) is 4.83 Å². The molecule has 3 aromatic rings. The van der Waals surface area contributed by atoms with Gasteiger partial charge in [-0.25, -0.2) is 4.98 Å². The average Bonchev–Trinajstić information content (AvgIpc) is 3.34. The summed E-state index contributed by atoms with van der Waals surface area (Å²) in [6, 6.07) is 8.27. The molecule has 1 aliphatic carbocycles. The highest BCUT2D eigenvalue weighted by Gasteiger charge is 2.22. The molecule has 0 radical (unpaired) electrons. The van der Waals surface area contributed by atoms with Crippen LogP contribution in [0.5, 0.6) is 0 Å². The first-order valence-electron chi connectivity index (χ1n) is 9.93. The first-order valence-corrected chi connectivity index (χ1v) is 11.9. The second kappa shape index (κ2) is 7.84. The van der Waals surface area contributed by atoms with Gasteiger partial charge in [0.25, 0.3) is 11.5 Å². The Bertz CT molecular complexity index is 1130. The standard InChI is InChI=1S/C21H22N4O2S2/c26-19-17-15-5-2-6-16(15)29-21(17)24-18(23-19)20(27)22-12-13-3-1-4-14(11-13)25-7-9-28-10-8-25/h1,3-4,11H,2,5-10,12H2,(H,22,27)(H,23,24,26). The monoisotopic (exact) mass is 426 g/mol. The number of thiophene rings is 1. The van der Waals surface area contributed by atoms with E-state index < -0.39 is 0 Å². The van der Waals surface area contributed by atoms with Crippen molar-refractivity contribution in [3.05, 3.63) is 56.4 Å². The van der Waals surface area contributed by atoms with Crippen molar-refractivity contribution in [1.82, 2.24) is 15.3 Å². The lowest BCUT2D eigenvalue weighted by Crippen LogP contribution is -2.32. The van der Waals surface area contributed by atoms with Crippen molar-refractivity contribution in [2.45, 2.75) is 25.8 Å². The number of amides is 1. The highest BCUT2D eigenvalue weighted by molar-refractivity contribution is 7.99. The Kier molecular flexibility index (Phi) is 5.05. The van der Waals surface area contributed by atoms with E-state index in [1.807, 2.05) is 23.9 Å². The van der Waals surface area contributed by atoms with Crippen LogP contribution in [0.15, 0.2) is 29.1 Å². The van der Waals surface area contributed by atoms with Crippen molar-refractivity contribution in [3.8, 4) is 0 Å². The lowest BCUT2D eigenvalue weighted by Gasteiger charge is -2.28. The molecular weight excluding hydrogens is 404 g/mol. The predicted molar refractivity (Wildman–Crippen MR) is 119 cm³/mol. The Labute approximate surface area is 176 Å². The van der Waals surface area contributed by atoms with Gasteiger partial charge in [-0.2, -0.15) is 11.8 Å². The Balaban J connectivity index is 1.31. The Hall–Kier alpha value is -2.32. The molecule has 1 aliphatic heterocycles. The van der Waals surface area contributed by atoms with Crippen LogP contribution in [0.2, 0.25) is 0 Å². The van der Waals surface area contributed by atoms with Gasteiger partial charge in [0.2, 0.25) is 5.82 Å². The fourth-order valence-corrected chi connectivity index (χ4v) is 6.23. The highest BCUT2D eigenvalue weighted by Crippen LogP contribution is 2.34. The van der Waals surface area contributed by atoms with Gasteiger partial charge in [-0.05, 0) is 42.5 Å². The zero-order chi connectivity index (χ0) is 19.8. The molecule has 1 aromatic carbocycles. The van der Waals surface area contributed by atoms with Gasteiger partial charge in [-0.15, -0.1) is 11.3 Å². The molecule has 0 unspecified atom stereocenters. The predicted octanol–water partition coefficient (Wildman–Crippen LogP) is 2.96. The average molecular weight is 427 g/mol. The van der Waals surface area contributed by atoms with E-state index in [2.05, 4.69) is 32.3 Å². The first-order chi connectivity index (χ1) is 14.2. The van der Waals surface area contributed by atoms with Crippen LogP contribution < -0.4 is 15.8 Å². The molecule has 8 heteroatoms. The van der Waals surface area contributed by atoms with Crippen LogP contribution in [0.4, 0.5) is 5.69 Å². The maximum Gasteiger partial charge on any atom is 0.287 e. The number of hydrogen-bond acceptors (Lipinski definition) is 6. The van der Waals surface area contributed by atoms with Crippen molar-refractivity contribution in [2.75, 3.05) is 29.5 Å². The third-order valence-corrected chi connectivity index (χ3v) is 7.66. The largest absolute Gasteiger partial charge is 0.370 e. The minimum absolute atomic E-state index is 0.0895. The summed E-state index contributed by atoms with van der Waals surface area (Å²) in [5.41, 5.74) is 3.15. The Morgan fingerprint density at radius 3 is 2.97 bits per heavy atom. The second-order valence-electron chi connectivity index (χ2n) is 7.40. The number of nitrogens with zero attached hydrogens (tertiary/aromatic N) is 2. The van der Waals surface area contributed by atoms with E-state index >= 15 is 0 Å². The molecule has 0 bridgehead atoms. The summed E-state index contributed by atoms with van der Waals surface area (Å²) in [4.78, 5) is 36.6. The summed E-state index contributed by atoms with van der Waals surface area (Å²) in [5.74, 6) is 2.03. The van der Waals surface area contributed by atoms with E-state index in [0.29, 0.717) is 16.8 Å². The topological polar surface area (TPSA) is 78.1 Å². The number of fused-ring (bicyclic) bond motifs is 3. The minimum atomic E-state index is -0.350. The van der Waals surface area contributed by atoms with Crippen LogP contribution in [0.3, 0.4) is 0 Å². The molecule has 0 saturated carbocycles. The second-order valence-corrected chi connectivity index (χ2v) is 9.71. The zero-order valence-corrected chi connectivity index (χ0v) is 17.6. The van der Waals surface area contributed by atoms with Crippen molar-refractivity contribution >= 4 is 44.9 Å².